The second-order valence-corrected chi connectivity index (χ2v) is 8.67. The molecule has 0 spiro atoms. The van der Waals surface area contributed by atoms with Crippen molar-refractivity contribution in [2.45, 2.75) is 27.4 Å². The van der Waals surface area contributed by atoms with Gasteiger partial charge in [0.1, 0.15) is 23.5 Å². The van der Waals surface area contributed by atoms with E-state index in [1.165, 1.54) is 5.56 Å². The first-order chi connectivity index (χ1) is 17.5. The number of ether oxygens (including phenoxy) is 1. The van der Waals surface area contributed by atoms with E-state index in [1.807, 2.05) is 36.4 Å². The van der Waals surface area contributed by atoms with Crippen LogP contribution in [0.1, 0.15) is 35.3 Å². The van der Waals surface area contributed by atoms with E-state index in [0.29, 0.717) is 29.9 Å². The van der Waals surface area contributed by atoms with Gasteiger partial charge >= 0.3 is 5.63 Å². The zero-order chi connectivity index (χ0) is 25.5. The van der Waals surface area contributed by atoms with Gasteiger partial charge in [0.2, 0.25) is 0 Å². The highest BCUT2D eigenvalue weighted by Gasteiger charge is 2.14. The van der Waals surface area contributed by atoms with Crippen LogP contribution in [0.5, 0.6) is 5.75 Å². The van der Waals surface area contributed by atoms with Crippen molar-refractivity contribution in [3.8, 4) is 16.9 Å². The lowest BCUT2D eigenvalue weighted by atomic mass is 9.97. The molecular formula is C30H32N2O4. The Labute approximate surface area is 211 Å². The Morgan fingerprint density at radius 2 is 1.75 bits per heavy atom. The Morgan fingerprint density at radius 1 is 0.972 bits per heavy atom. The van der Waals surface area contributed by atoms with Crippen LogP contribution in [-0.2, 0) is 6.61 Å². The number of hydrogen-bond donors (Lipinski definition) is 1. The van der Waals surface area contributed by atoms with Crippen LogP contribution >= 0.6 is 0 Å². The van der Waals surface area contributed by atoms with Crippen molar-refractivity contribution in [2.75, 3.05) is 26.2 Å². The molecule has 186 valence electrons. The van der Waals surface area contributed by atoms with E-state index in [-0.39, 0.29) is 5.56 Å². The topological polar surface area (TPSA) is 71.8 Å². The van der Waals surface area contributed by atoms with Gasteiger partial charge in [-0.15, -0.1) is 0 Å². The molecule has 0 bridgehead atoms. The third kappa shape index (κ3) is 5.83. The Morgan fingerprint density at radius 3 is 2.50 bits per heavy atom. The monoisotopic (exact) mass is 484 g/mol. The summed E-state index contributed by atoms with van der Waals surface area (Å²) in [6, 6.07) is 23.3. The molecule has 0 aliphatic rings. The maximum Gasteiger partial charge on any atom is 0.349 e. The predicted octanol–water partition coefficient (Wildman–Crippen LogP) is 5.42. The van der Waals surface area contributed by atoms with Crippen molar-refractivity contribution in [3.63, 3.8) is 0 Å². The van der Waals surface area contributed by atoms with Crippen molar-refractivity contribution in [3.05, 3.63) is 99.9 Å². The van der Waals surface area contributed by atoms with Crippen molar-refractivity contribution < 1.29 is 13.9 Å². The molecule has 4 aromatic rings. The summed E-state index contributed by atoms with van der Waals surface area (Å²) in [5.41, 5.74) is 4.30. The first-order valence-corrected chi connectivity index (χ1v) is 12.3. The number of fused-ring (bicyclic) bond motifs is 1. The van der Waals surface area contributed by atoms with E-state index >= 15 is 0 Å². The standard InChI is InChI=1S/C30H32N2O4/c1-4-32(5-2)17-16-31-29(33)27-18-23-14-15-25(19-28(23)36-30(27)34)35-20-24-12-9-13-26(21(24)3)22-10-7-6-8-11-22/h6-15,18-19H,4-5,16-17,20H2,1-3H3,(H,31,33). The van der Waals surface area contributed by atoms with Gasteiger partial charge in [0.05, 0.1) is 0 Å². The summed E-state index contributed by atoms with van der Waals surface area (Å²) in [5, 5.41) is 3.47. The number of rotatable bonds is 10. The molecule has 1 heterocycles. The molecule has 0 atom stereocenters. The van der Waals surface area contributed by atoms with Crippen molar-refractivity contribution in [1.29, 1.82) is 0 Å². The molecule has 0 radical (unpaired) electrons. The van der Waals surface area contributed by atoms with Crippen LogP contribution in [0.25, 0.3) is 22.1 Å². The Bertz CT molecular complexity index is 1390. The minimum absolute atomic E-state index is 0.00377. The first kappa shape index (κ1) is 25.2. The smallest absolute Gasteiger partial charge is 0.349 e. The molecule has 4 rings (SSSR count). The summed E-state index contributed by atoms with van der Waals surface area (Å²) in [6.07, 6.45) is 0. The maximum atomic E-state index is 12.5. The van der Waals surface area contributed by atoms with E-state index in [4.69, 9.17) is 9.15 Å². The number of carbonyl (C=O) groups is 1. The van der Waals surface area contributed by atoms with Gasteiger partial charge in [-0.2, -0.15) is 0 Å². The molecule has 6 nitrogen and oxygen atoms in total. The molecule has 1 amide bonds. The fourth-order valence-corrected chi connectivity index (χ4v) is 4.23. The average molecular weight is 485 g/mol. The molecule has 1 aromatic heterocycles. The van der Waals surface area contributed by atoms with Crippen molar-refractivity contribution >= 4 is 16.9 Å². The Balaban J connectivity index is 1.46. The van der Waals surface area contributed by atoms with Gasteiger partial charge in [-0.05, 0) is 60.5 Å². The van der Waals surface area contributed by atoms with Gasteiger partial charge in [-0.1, -0.05) is 62.4 Å². The molecule has 0 aliphatic heterocycles. The zero-order valence-electron chi connectivity index (χ0n) is 21.0. The number of amides is 1. The zero-order valence-corrected chi connectivity index (χ0v) is 21.0. The van der Waals surface area contributed by atoms with Crippen molar-refractivity contribution in [2.24, 2.45) is 0 Å². The van der Waals surface area contributed by atoms with Gasteiger partial charge in [-0.25, -0.2) is 4.79 Å². The summed E-state index contributed by atoms with van der Waals surface area (Å²) in [4.78, 5) is 27.3. The SMILES string of the molecule is CCN(CC)CCNC(=O)c1cc2ccc(OCc3cccc(-c4ccccc4)c3C)cc2oc1=O. The van der Waals surface area contributed by atoms with E-state index in [1.54, 1.807) is 18.2 Å². The molecule has 0 aliphatic carbocycles. The summed E-state index contributed by atoms with van der Waals surface area (Å²) < 4.78 is 11.5. The highest BCUT2D eigenvalue weighted by molar-refractivity contribution is 5.96. The maximum absolute atomic E-state index is 12.5. The minimum Gasteiger partial charge on any atom is -0.489 e. The largest absolute Gasteiger partial charge is 0.489 e. The lowest BCUT2D eigenvalue weighted by Crippen LogP contribution is -2.36. The number of benzene rings is 3. The molecule has 6 heteroatoms. The molecule has 3 aromatic carbocycles. The van der Waals surface area contributed by atoms with E-state index in [0.717, 1.165) is 36.3 Å². The lowest BCUT2D eigenvalue weighted by Gasteiger charge is -2.17. The second kappa shape index (κ2) is 11.7. The van der Waals surface area contributed by atoms with Gasteiger partial charge < -0.3 is 19.4 Å². The van der Waals surface area contributed by atoms with Gasteiger partial charge in [-0.3, -0.25) is 4.79 Å². The molecular weight excluding hydrogens is 452 g/mol. The predicted molar refractivity (Wildman–Crippen MR) is 144 cm³/mol. The number of nitrogens with one attached hydrogen (secondary N) is 1. The molecule has 0 unspecified atom stereocenters. The minimum atomic E-state index is -0.661. The number of hydrogen-bond acceptors (Lipinski definition) is 5. The summed E-state index contributed by atoms with van der Waals surface area (Å²) in [5.74, 6) is 0.165. The van der Waals surface area contributed by atoms with Crippen LogP contribution in [-0.4, -0.2) is 37.0 Å². The van der Waals surface area contributed by atoms with Gasteiger partial charge in [0.25, 0.3) is 5.91 Å². The number of carbonyl (C=O) groups excluding carboxylic acids is 1. The Kier molecular flexibility index (Phi) is 8.18. The molecule has 0 fully saturated rings. The number of likely N-dealkylation sites (N-methyl/N-ethyl adjacent to an activating group) is 1. The highest BCUT2D eigenvalue weighted by atomic mass is 16.5. The summed E-state index contributed by atoms with van der Waals surface area (Å²) in [7, 11) is 0. The molecule has 0 saturated carbocycles. The normalized spacial score (nSPS) is 11.1. The molecule has 1 N–H and O–H groups in total. The first-order valence-electron chi connectivity index (χ1n) is 12.3. The number of nitrogens with zero attached hydrogens (tertiary/aromatic N) is 1. The summed E-state index contributed by atoms with van der Waals surface area (Å²) >= 11 is 0. The quantitative estimate of drug-likeness (QED) is 0.304. The molecule has 0 saturated heterocycles. The van der Waals surface area contributed by atoms with Crippen LogP contribution in [0.15, 0.2) is 82.0 Å². The third-order valence-electron chi connectivity index (χ3n) is 6.49. The van der Waals surface area contributed by atoms with E-state index in [9.17, 15) is 9.59 Å². The average Bonchev–Trinajstić information content (AvgIpc) is 2.90. The van der Waals surface area contributed by atoms with Crippen LogP contribution in [0.2, 0.25) is 0 Å². The van der Waals surface area contributed by atoms with Gasteiger partial charge in [0.15, 0.2) is 0 Å². The van der Waals surface area contributed by atoms with Crippen molar-refractivity contribution in [1.82, 2.24) is 10.2 Å². The fraction of sp³-hybridized carbons (Fsp3) is 0.267. The summed E-state index contributed by atoms with van der Waals surface area (Å²) in [6.45, 7) is 9.64. The second-order valence-electron chi connectivity index (χ2n) is 8.67. The molecule has 36 heavy (non-hydrogen) atoms. The van der Waals surface area contributed by atoms with Crippen LogP contribution in [0.3, 0.4) is 0 Å². The fourth-order valence-electron chi connectivity index (χ4n) is 4.23. The van der Waals surface area contributed by atoms with E-state index in [2.05, 4.69) is 49.2 Å². The lowest BCUT2D eigenvalue weighted by molar-refractivity contribution is 0.0945. The van der Waals surface area contributed by atoms with Crippen LogP contribution < -0.4 is 15.7 Å². The van der Waals surface area contributed by atoms with E-state index < -0.39 is 11.5 Å². The third-order valence-corrected chi connectivity index (χ3v) is 6.49. The van der Waals surface area contributed by atoms with Crippen LogP contribution in [0, 0.1) is 6.92 Å². The highest BCUT2D eigenvalue weighted by Crippen LogP contribution is 2.27. The van der Waals surface area contributed by atoms with Crippen LogP contribution in [0.4, 0.5) is 0 Å². The Hall–Kier alpha value is -3.90. The van der Waals surface area contributed by atoms with Gasteiger partial charge in [0, 0.05) is 24.5 Å².